The van der Waals surface area contributed by atoms with Crippen LogP contribution in [0.25, 0.3) is 0 Å². The lowest BCUT2D eigenvalue weighted by Crippen LogP contribution is -2.33. The predicted molar refractivity (Wildman–Crippen MR) is 107 cm³/mol. The SMILES string of the molecule is O=C(CC(c1ccccc1)c1ccccc1)N[C@H]1CCOc2ccccc21. The molecule has 3 aromatic rings. The standard InChI is InChI=1S/C24H23NO2/c26-24(25-22-15-16-27-23-14-8-7-13-20(22)23)17-21(18-9-3-1-4-10-18)19-11-5-2-6-12-19/h1-14,21-22H,15-17H2,(H,25,26)/t22-/m0/s1. The van der Waals surface area contributed by atoms with E-state index in [-0.39, 0.29) is 17.9 Å². The Morgan fingerprint density at radius 3 is 2.15 bits per heavy atom. The first kappa shape index (κ1) is 17.3. The van der Waals surface area contributed by atoms with E-state index in [9.17, 15) is 4.79 Å². The minimum Gasteiger partial charge on any atom is -0.493 e. The van der Waals surface area contributed by atoms with Gasteiger partial charge in [-0.1, -0.05) is 78.9 Å². The molecule has 4 rings (SSSR count). The number of carbonyl (C=O) groups excluding carboxylic acids is 1. The van der Waals surface area contributed by atoms with Crippen molar-refractivity contribution in [3.05, 3.63) is 102 Å². The number of nitrogens with one attached hydrogen (secondary N) is 1. The molecule has 27 heavy (non-hydrogen) atoms. The molecular weight excluding hydrogens is 334 g/mol. The van der Waals surface area contributed by atoms with Crippen molar-refractivity contribution in [3.63, 3.8) is 0 Å². The summed E-state index contributed by atoms with van der Waals surface area (Å²) >= 11 is 0. The lowest BCUT2D eigenvalue weighted by Gasteiger charge is -2.27. The molecule has 0 spiro atoms. The summed E-state index contributed by atoms with van der Waals surface area (Å²) in [6.07, 6.45) is 1.22. The molecule has 0 aliphatic carbocycles. The Labute approximate surface area is 160 Å². The molecule has 0 saturated carbocycles. The van der Waals surface area contributed by atoms with Crippen LogP contribution in [-0.2, 0) is 4.79 Å². The lowest BCUT2D eigenvalue weighted by atomic mass is 9.88. The third-order valence-electron chi connectivity index (χ3n) is 5.09. The molecule has 0 radical (unpaired) electrons. The summed E-state index contributed by atoms with van der Waals surface area (Å²) in [6, 6.07) is 28.4. The van der Waals surface area contributed by atoms with Gasteiger partial charge in [-0.3, -0.25) is 4.79 Å². The molecule has 3 heteroatoms. The van der Waals surface area contributed by atoms with Crippen molar-refractivity contribution in [1.82, 2.24) is 5.32 Å². The quantitative estimate of drug-likeness (QED) is 0.709. The van der Waals surface area contributed by atoms with Crippen LogP contribution in [0.2, 0.25) is 0 Å². The fourth-order valence-corrected chi connectivity index (χ4v) is 3.73. The molecule has 1 aliphatic heterocycles. The van der Waals surface area contributed by atoms with Gasteiger partial charge in [0, 0.05) is 24.3 Å². The average molecular weight is 357 g/mol. The normalized spacial score (nSPS) is 15.7. The molecule has 0 fully saturated rings. The second-order valence-electron chi connectivity index (χ2n) is 6.87. The second-order valence-corrected chi connectivity index (χ2v) is 6.87. The Morgan fingerprint density at radius 1 is 0.889 bits per heavy atom. The van der Waals surface area contributed by atoms with E-state index in [1.54, 1.807) is 0 Å². The molecule has 1 heterocycles. The number of benzene rings is 3. The first-order valence-corrected chi connectivity index (χ1v) is 9.42. The molecule has 1 atom stereocenters. The smallest absolute Gasteiger partial charge is 0.221 e. The van der Waals surface area contributed by atoms with Gasteiger partial charge in [0.15, 0.2) is 0 Å². The van der Waals surface area contributed by atoms with Crippen molar-refractivity contribution in [2.24, 2.45) is 0 Å². The highest BCUT2D eigenvalue weighted by atomic mass is 16.5. The van der Waals surface area contributed by atoms with E-state index in [4.69, 9.17) is 4.74 Å². The van der Waals surface area contributed by atoms with E-state index in [1.165, 1.54) is 0 Å². The van der Waals surface area contributed by atoms with Crippen LogP contribution in [0.4, 0.5) is 0 Å². The maximum absolute atomic E-state index is 12.9. The Balaban J connectivity index is 1.53. The van der Waals surface area contributed by atoms with E-state index in [0.717, 1.165) is 28.9 Å². The molecule has 1 aliphatic rings. The van der Waals surface area contributed by atoms with Crippen molar-refractivity contribution >= 4 is 5.91 Å². The van der Waals surface area contributed by atoms with Crippen LogP contribution in [-0.4, -0.2) is 12.5 Å². The molecule has 0 aromatic heterocycles. The van der Waals surface area contributed by atoms with E-state index in [0.29, 0.717) is 13.0 Å². The molecule has 0 saturated heterocycles. The van der Waals surface area contributed by atoms with Gasteiger partial charge >= 0.3 is 0 Å². The molecule has 3 aromatic carbocycles. The maximum atomic E-state index is 12.9. The van der Waals surface area contributed by atoms with Gasteiger partial charge in [0.1, 0.15) is 5.75 Å². The van der Waals surface area contributed by atoms with Gasteiger partial charge in [0.25, 0.3) is 0 Å². The zero-order chi connectivity index (χ0) is 18.5. The van der Waals surface area contributed by atoms with Gasteiger partial charge in [0.2, 0.25) is 5.91 Å². The number of carbonyl (C=O) groups is 1. The summed E-state index contributed by atoms with van der Waals surface area (Å²) in [5, 5.41) is 3.23. The van der Waals surface area contributed by atoms with Crippen LogP contribution in [0, 0.1) is 0 Å². The van der Waals surface area contributed by atoms with Crippen LogP contribution in [0.1, 0.15) is 41.5 Å². The molecular formula is C24H23NO2. The van der Waals surface area contributed by atoms with E-state index in [2.05, 4.69) is 29.6 Å². The zero-order valence-corrected chi connectivity index (χ0v) is 15.2. The third kappa shape index (κ3) is 4.03. The molecule has 1 amide bonds. The van der Waals surface area contributed by atoms with Crippen LogP contribution >= 0.6 is 0 Å². The highest BCUT2D eigenvalue weighted by Gasteiger charge is 2.24. The Morgan fingerprint density at radius 2 is 1.48 bits per heavy atom. The maximum Gasteiger partial charge on any atom is 0.221 e. The Kier molecular flexibility index (Phi) is 5.20. The Bertz CT molecular complexity index is 853. The van der Waals surface area contributed by atoms with Crippen molar-refractivity contribution in [1.29, 1.82) is 0 Å². The zero-order valence-electron chi connectivity index (χ0n) is 15.2. The number of amides is 1. The highest BCUT2D eigenvalue weighted by molar-refractivity contribution is 5.78. The number of para-hydroxylation sites is 1. The van der Waals surface area contributed by atoms with E-state index >= 15 is 0 Å². The highest BCUT2D eigenvalue weighted by Crippen LogP contribution is 2.33. The summed E-state index contributed by atoms with van der Waals surface area (Å²) in [5.41, 5.74) is 3.38. The van der Waals surface area contributed by atoms with Crippen LogP contribution in [0.3, 0.4) is 0 Å². The average Bonchev–Trinajstić information content (AvgIpc) is 2.73. The van der Waals surface area contributed by atoms with Gasteiger partial charge in [-0.05, 0) is 17.2 Å². The Hall–Kier alpha value is -3.07. The number of fused-ring (bicyclic) bond motifs is 1. The molecule has 0 bridgehead atoms. The first-order valence-electron chi connectivity index (χ1n) is 9.42. The first-order chi connectivity index (χ1) is 13.3. The molecule has 3 nitrogen and oxygen atoms in total. The fraction of sp³-hybridized carbons (Fsp3) is 0.208. The van der Waals surface area contributed by atoms with Crippen molar-refractivity contribution < 1.29 is 9.53 Å². The van der Waals surface area contributed by atoms with Crippen LogP contribution in [0.5, 0.6) is 5.75 Å². The van der Waals surface area contributed by atoms with Crippen LogP contribution in [0.15, 0.2) is 84.9 Å². The second kappa shape index (κ2) is 8.09. The number of hydrogen-bond acceptors (Lipinski definition) is 2. The number of rotatable bonds is 5. The largest absolute Gasteiger partial charge is 0.493 e. The van der Waals surface area contributed by atoms with Gasteiger partial charge in [0.05, 0.1) is 12.6 Å². The molecule has 0 unspecified atom stereocenters. The van der Waals surface area contributed by atoms with E-state index in [1.807, 2.05) is 60.7 Å². The number of hydrogen-bond donors (Lipinski definition) is 1. The summed E-state index contributed by atoms with van der Waals surface area (Å²) in [7, 11) is 0. The van der Waals surface area contributed by atoms with Crippen molar-refractivity contribution in [3.8, 4) is 5.75 Å². The monoisotopic (exact) mass is 357 g/mol. The topological polar surface area (TPSA) is 38.3 Å². The summed E-state index contributed by atoms with van der Waals surface area (Å²) in [6.45, 7) is 0.628. The third-order valence-corrected chi connectivity index (χ3v) is 5.09. The summed E-state index contributed by atoms with van der Waals surface area (Å²) in [5.74, 6) is 0.980. The van der Waals surface area contributed by atoms with Gasteiger partial charge < -0.3 is 10.1 Å². The van der Waals surface area contributed by atoms with Crippen molar-refractivity contribution in [2.45, 2.75) is 24.8 Å². The summed E-state index contributed by atoms with van der Waals surface area (Å²) in [4.78, 5) is 12.9. The molecule has 136 valence electrons. The minimum absolute atomic E-state index is 0.00893. The summed E-state index contributed by atoms with van der Waals surface area (Å²) < 4.78 is 5.70. The van der Waals surface area contributed by atoms with Gasteiger partial charge in [-0.15, -0.1) is 0 Å². The molecule has 1 N–H and O–H groups in total. The minimum atomic E-state index is 0.00893. The lowest BCUT2D eigenvalue weighted by molar-refractivity contribution is -0.122. The van der Waals surface area contributed by atoms with Crippen LogP contribution < -0.4 is 10.1 Å². The number of ether oxygens (including phenoxy) is 1. The van der Waals surface area contributed by atoms with Gasteiger partial charge in [-0.25, -0.2) is 0 Å². The predicted octanol–water partition coefficient (Wildman–Crippen LogP) is 4.85. The fourth-order valence-electron chi connectivity index (χ4n) is 3.73. The van der Waals surface area contributed by atoms with Gasteiger partial charge in [-0.2, -0.15) is 0 Å². The van der Waals surface area contributed by atoms with E-state index < -0.39 is 0 Å². The van der Waals surface area contributed by atoms with Crippen molar-refractivity contribution in [2.75, 3.05) is 6.61 Å².